The van der Waals surface area contributed by atoms with Gasteiger partial charge in [0.1, 0.15) is 11.6 Å². The molecule has 6 heteroatoms. The van der Waals surface area contributed by atoms with Crippen LogP contribution in [0.1, 0.15) is 5.56 Å². The van der Waals surface area contributed by atoms with Gasteiger partial charge in [-0.2, -0.15) is 5.26 Å². The Hall–Kier alpha value is -2.26. The van der Waals surface area contributed by atoms with Gasteiger partial charge in [-0.05, 0) is 18.4 Å². The van der Waals surface area contributed by atoms with Crippen molar-refractivity contribution in [3.8, 4) is 17.3 Å². The van der Waals surface area contributed by atoms with Crippen molar-refractivity contribution >= 4 is 17.4 Å². The molecule has 0 unspecified atom stereocenters. The predicted octanol–water partition coefficient (Wildman–Crippen LogP) is 1.62. The summed E-state index contributed by atoms with van der Waals surface area (Å²) in [7, 11) is 1.60. The lowest BCUT2D eigenvalue weighted by molar-refractivity contribution is 0.709. The first-order chi connectivity index (χ1) is 9.08. The van der Waals surface area contributed by atoms with Crippen molar-refractivity contribution < 1.29 is 0 Å². The molecule has 0 saturated heterocycles. The number of thioether (sulfide) groups is 1. The zero-order valence-corrected chi connectivity index (χ0v) is 11.4. The van der Waals surface area contributed by atoms with Gasteiger partial charge in [-0.25, -0.2) is 4.98 Å². The summed E-state index contributed by atoms with van der Waals surface area (Å²) in [5, 5.41) is 9.73. The van der Waals surface area contributed by atoms with E-state index >= 15 is 0 Å². The minimum atomic E-state index is -0.348. The topological polar surface area (TPSA) is 84.7 Å². The number of benzene rings is 1. The first kappa shape index (κ1) is 13.2. The maximum atomic E-state index is 12.1. The molecular weight excluding hydrogens is 260 g/mol. The highest BCUT2D eigenvalue weighted by Crippen LogP contribution is 2.23. The molecule has 2 aromatic rings. The first-order valence-corrected chi connectivity index (χ1v) is 6.72. The first-order valence-electron chi connectivity index (χ1n) is 5.49. The lowest BCUT2D eigenvalue weighted by atomic mass is 10.1. The number of nitrogens with two attached hydrogens (primary N) is 1. The number of nitrogen functional groups attached to an aromatic ring is 1. The van der Waals surface area contributed by atoms with Crippen molar-refractivity contribution in [3.63, 3.8) is 0 Å². The molecule has 5 nitrogen and oxygen atoms in total. The Kier molecular flexibility index (Phi) is 3.58. The lowest BCUT2D eigenvalue weighted by Gasteiger charge is -2.09. The molecule has 2 N–H and O–H groups in total. The van der Waals surface area contributed by atoms with Crippen LogP contribution in [0.3, 0.4) is 0 Å². The lowest BCUT2D eigenvalue weighted by Crippen LogP contribution is -2.23. The van der Waals surface area contributed by atoms with Crippen molar-refractivity contribution in [2.75, 3.05) is 12.0 Å². The maximum absolute atomic E-state index is 12.1. The molecule has 1 aromatic heterocycles. The fourth-order valence-corrected chi connectivity index (χ4v) is 2.30. The van der Waals surface area contributed by atoms with E-state index in [1.807, 2.05) is 12.3 Å². The molecule has 1 heterocycles. The third-order valence-corrected chi connectivity index (χ3v) is 3.43. The summed E-state index contributed by atoms with van der Waals surface area (Å²) in [6.45, 7) is 0. The van der Waals surface area contributed by atoms with E-state index in [1.54, 1.807) is 31.3 Å². The normalized spacial score (nSPS) is 10.2. The van der Waals surface area contributed by atoms with Crippen LogP contribution in [0.4, 0.5) is 5.69 Å². The second-order valence-corrected chi connectivity index (χ2v) is 4.70. The Morgan fingerprint density at radius 2 is 2.21 bits per heavy atom. The van der Waals surface area contributed by atoms with Gasteiger partial charge < -0.3 is 5.73 Å². The van der Waals surface area contributed by atoms with E-state index in [4.69, 9.17) is 5.73 Å². The standard InChI is InChI=1S/C13H12N4OS/c1-17-12(18)10(7-14)11(16-13(17)19-2)8-4-3-5-9(15)6-8/h3-6H,15H2,1-2H3. The van der Waals surface area contributed by atoms with E-state index in [0.29, 0.717) is 22.1 Å². The Bertz CT molecular complexity index is 730. The molecule has 0 aliphatic heterocycles. The van der Waals surface area contributed by atoms with Crippen LogP contribution >= 0.6 is 11.8 Å². The van der Waals surface area contributed by atoms with Gasteiger partial charge in [-0.3, -0.25) is 9.36 Å². The molecule has 96 valence electrons. The smallest absolute Gasteiger partial charge is 0.272 e. The molecule has 0 aliphatic rings. The highest BCUT2D eigenvalue weighted by Gasteiger charge is 2.15. The van der Waals surface area contributed by atoms with Crippen LogP contribution in [0.15, 0.2) is 34.2 Å². The molecular formula is C13H12N4OS. The van der Waals surface area contributed by atoms with Crippen LogP contribution in [-0.2, 0) is 7.05 Å². The van der Waals surface area contributed by atoms with E-state index in [0.717, 1.165) is 0 Å². The van der Waals surface area contributed by atoms with Gasteiger partial charge in [0, 0.05) is 18.3 Å². The minimum absolute atomic E-state index is 0.0332. The molecule has 1 aromatic carbocycles. The molecule has 2 rings (SSSR count). The van der Waals surface area contributed by atoms with Crippen molar-refractivity contribution in [2.45, 2.75) is 5.16 Å². The average molecular weight is 272 g/mol. The SMILES string of the molecule is CSc1nc(-c2cccc(N)c2)c(C#N)c(=O)n1C. The second kappa shape index (κ2) is 5.16. The van der Waals surface area contributed by atoms with Gasteiger partial charge in [0.05, 0.1) is 5.69 Å². The maximum Gasteiger partial charge on any atom is 0.272 e. The van der Waals surface area contributed by atoms with Crippen LogP contribution in [0, 0.1) is 11.3 Å². The highest BCUT2D eigenvalue weighted by atomic mass is 32.2. The van der Waals surface area contributed by atoms with E-state index in [-0.39, 0.29) is 11.1 Å². The largest absolute Gasteiger partial charge is 0.399 e. The van der Waals surface area contributed by atoms with Gasteiger partial charge >= 0.3 is 0 Å². The monoisotopic (exact) mass is 272 g/mol. The minimum Gasteiger partial charge on any atom is -0.399 e. The number of anilines is 1. The van der Waals surface area contributed by atoms with Crippen molar-refractivity contribution in [3.05, 3.63) is 40.2 Å². The molecule has 0 bridgehead atoms. The summed E-state index contributed by atoms with van der Waals surface area (Å²) in [6, 6.07) is 8.92. The van der Waals surface area contributed by atoms with E-state index < -0.39 is 0 Å². The van der Waals surface area contributed by atoms with Crippen LogP contribution in [0.5, 0.6) is 0 Å². The van der Waals surface area contributed by atoms with Crippen LogP contribution in [0.25, 0.3) is 11.3 Å². The Balaban J connectivity index is 2.80. The van der Waals surface area contributed by atoms with E-state index in [2.05, 4.69) is 4.98 Å². The molecule has 0 aliphatic carbocycles. The van der Waals surface area contributed by atoms with E-state index in [1.165, 1.54) is 16.3 Å². The Labute approximate surface area is 114 Å². The summed E-state index contributed by atoms with van der Waals surface area (Å²) in [5.41, 5.74) is 7.02. The number of aromatic nitrogens is 2. The zero-order valence-electron chi connectivity index (χ0n) is 10.5. The van der Waals surface area contributed by atoms with Crippen molar-refractivity contribution in [1.29, 1.82) is 5.26 Å². The molecule has 19 heavy (non-hydrogen) atoms. The van der Waals surface area contributed by atoms with Crippen LogP contribution in [-0.4, -0.2) is 15.8 Å². The average Bonchev–Trinajstić information content (AvgIpc) is 2.41. The molecule has 0 spiro atoms. The molecule has 0 fully saturated rings. The summed E-state index contributed by atoms with van der Waals surface area (Å²) >= 11 is 1.35. The fraction of sp³-hybridized carbons (Fsp3) is 0.154. The number of hydrogen-bond donors (Lipinski definition) is 1. The van der Waals surface area contributed by atoms with Gasteiger partial charge in [0.15, 0.2) is 5.16 Å². The summed E-state index contributed by atoms with van der Waals surface area (Å²) < 4.78 is 1.37. The number of hydrogen-bond acceptors (Lipinski definition) is 5. The van der Waals surface area contributed by atoms with Crippen LogP contribution < -0.4 is 11.3 Å². The predicted molar refractivity (Wildman–Crippen MR) is 75.8 cm³/mol. The summed E-state index contributed by atoms with van der Waals surface area (Å²) in [5.74, 6) is 0. The van der Waals surface area contributed by atoms with Crippen molar-refractivity contribution in [1.82, 2.24) is 9.55 Å². The highest BCUT2D eigenvalue weighted by molar-refractivity contribution is 7.98. The quantitative estimate of drug-likeness (QED) is 0.510. The molecule has 0 saturated carbocycles. The summed E-state index contributed by atoms with van der Waals surface area (Å²) in [4.78, 5) is 16.5. The Morgan fingerprint density at radius 3 is 2.79 bits per heavy atom. The third-order valence-electron chi connectivity index (χ3n) is 2.70. The van der Waals surface area contributed by atoms with Gasteiger partial charge in [-0.1, -0.05) is 23.9 Å². The van der Waals surface area contributed by atoms with E-state index in [9.17, 15) is 10.1 Å². The van der Waals surface area contributed by atoms with Crippen LogP contribution in [0.2, 0.25) is 0 Å². The van der Waals surface area contributed by atoms with Gasteiger partial charge in [-0.15, -0.1) is 0 Å². The second-order valence-electron chi connectivity index (χ2n) is 3.92. The Morgan fingerprint density at radius 1 is 1.47 bits per heavy atom. The summed E-state index contributed by atoms with van der Waals surface area (Å²) in [6.07, 6.45) is 1.83. The number of rotatable bonds is 2. The number of nitriles is 1. The molecule has 0 atom stereocenters. The number of nitrogens with zero attached hydrogens (tertiary/aromatic N) is 3. The van der Waals surface area contributed by atoms with Gasteiger partial charge in [0.2, 0.25) is 0 Å². The third kappa shape index (κ3) is 2.33. The molecule has 0 amide bonds. The fourth-order valence-electron chi connectivity index (χ4n) is 1.76. The van der Waals surface area contributed by atoms with Gasteiger partial charge in [0.25, 0.3) is 5.56 Å². The molecule has 0 radical (unpaired) electrons. The van der Waals surface area contributed by atoms with Crippen molar-refractivity contribution in [2.24, 2.45) is 7.05 Å². The zero-order chi connectivity index (χ0) is 14.0.